The molecule has 1 aromatic carbocycles. The lowest BCUT2D eigenvalue weighted by atomic mass is 10.2. The molecule has 0 aliphatic rings. The molecule has 0 bridgehead atoms. The highest BCUT2D eigenvalue weighted by Crippen LogP contribution is 2.35. The number of methoxy groups -OCH3 is 2. The fourth-order valence-electron chi connectivity index (χ4n) is 1.39. The van der Waals surface area contributed by atoms with E-state index < -0.39 is 0 Å². The van der Waals surface area contributed by atoms with Crippen LogP contribution in [-0.4, -0.2) is 39.9 Å². The number of anilines is 1. The number of amides is 1. The Hall–Kier alpha value is -1.50. The zero-order valence-electron chi connectivity index (χ0n) is 10.9. The lowest BCUT2D eigenvalue weighted by Crippen LogP contribution is -2.21. The SMILES string of the molecule is COc1cc(NC(=O)COCCN)c(OC)cc1Cl. The van der Waals surface area contributed by atoms with Crippen molar-refractivity contribution in [2.24, 2.45) is 5.73 Å². The molecule has 1 aromatic rings. The van der Waals surface area contributed by atoms with Gasteiger partial charge in [0, 0.05) is 18.7 Å². The van der Waals surface area contributed by atoms with Crippen molar-refractivity contribution in [2.45, 2.75) is 0 Å². The molecule has 0 aliphatic heterocycles. The molecule has 0 aromatic heterocycles. The maximum absolute atomic E-state index is 11.6. The summed E-state index contributed by atoms with van der Waals surface area (Å²) in [4.78, 5) is 11.6. The first-order chi connectivity index (χ1) is 9.12. The minimum atomic E-state index is -0.309. The molecule has 0 heterocycles. The number of nitrogens with two attached hydrogens (primary N) is 1. The van der Waals surface area contributed by atoms with E-state index in [1.54, 1.807) is 12.1 Å². The molecule has 0 saturated carbocycles. The molecule has 6 nitrogen and oxygen atoms in total. The summed E-state index contributed by atoms with van der Waals surface area (Å²) >= 11 is 5.96. The Morgan fingerprint density at radius 1 is 1.32 bits per heavy atom. The second-order valence-electron chi connectivity index (χ2n) is 3.58. The van der Waals surface area contributed by atoms with Crippen LogP contribution in [0.4, 0.5) is 5.69 Å². The Morgan fingerprint density at radius 2 is 2.00 bits per heavy atom. The Kier molecular flexibility index (Phi) is 6.41. The van der Waals surface area contributed by atoms with Crippen LogP contribution in [0.5, 0.6) is 11.5 Å². The molecule has 3 N–H and O–H groups in total. The summed E-state index contributed by atoms with van der Waals surface area (Å²) in [7, 11) is 2.97. The van der Waals surface area contributed by atoms with Gasteiger partial charge >= 0.3 is 0 Å². The van der Waals surface area contributed by atoms with Crippen molar-refractivity contribution in [3.05, 3.63) is 17.2 Å². The highest BCUT2D eigenvalue weighted by molar-refractivity contribution is 6.32. The second-order valence-corrected chi connectivity index (χ2v) is 3.98. The zero-order chi connectivity index (χ0) is 14.3. The van der Waals surface area contributed by atoms with Gasteiger partial charge < -0.3 is 25.3 Å². The van der Waals surface area contributed by atoms with Crippen LogP contribution >= 0.6 is 11.6 Å². The summed E-state index contributed by atoms with van der Waals surface area (Å²) < 4.78 is 15.3. The largest absolute Gasteiger partial charge is 0.495 e. The van der Waals surface area contributed by atoms with Gasteiger partial charge in [-0.25, -0.2) is 0 Å². The number of hydrogen-bond donors (Lipinski definition) is 2. The summed E-state index contributed by atoms with van der Waals surface area (Å²) in [6, 6.07) is 3.15. The van der Waals surface area contributed by atoms with Crippen LogP contribution in [0, 0.1) is 0 Å². The van der Waals surface area contributed by atoms with Crippen molar-refractivity contribution in [1.82, 2.24) is 0 Å². The Balaban J connectivity index is 2.78. The van der Waals surface area contributed by atoms with E-state index in [0.29, 0.717) is 35.4 Å². The summed E-state index contributed by atoms with van der Waals surface area (Å²) in [6.07, 6.45) is 0. The van der Waals surface area contributed by atoms with Gasteiger partial charge in [0.25, 0.3) is 0 Å². The van der Waals surface area contributed by atoms with Crippen molar-refractivity contribution in [1.29, 1.82) is 0 Å². The molecule has 7 heteroatoms. The van der Waals surface area contributed by atoms with Crippen LogP contribution in [0.1, 0.15) is 0 Å². The second kappa shape index (κ2) is 7.83. The van der Waals surface area contributed by atoms with Gasteiger partial charge in [-0.1, -0.05) is 11.6 Å². The summed E-state index contributed by atoms with van der Waals surface area (Å²) in [5, 5.41) is 3.05. The first-order valence-corrected chi connectivity index (χ1v) is 5.99. The van der Waals surface area contributed by atoms with Crippen LogP contribution in [-0.2, 0) is 9.53 Å². The Bertz CT molecular complexity index is 440. The smallest absolute Gasteiger partial charge is 0.250 e. The summed E-state index contributed by atoms with van der Waals surface area (Å²) in [6.45, 7) is 0.616. The minimum absolute atomic E-state index is 0.0781. The molecule has 0 aliphatic carbocycles. The predicted octanol–water partition coefficient (Wildman–Crippen LogP) is 1.27. The standard InChI is InChI=1S/C12H17ClN2O4/c1-17-10-6-9(11(18-2)5-8(10)13)15-12(16)7-19-4-3-14/h5-6H,3-4,7,14H2,1-2H3,(H,15,16). The summed E-state index contributed by atoms with van der Waals surface area (Å²) in [5.41, 5.74) is 5.72. The molecule has 0 spiro atoms. The monoisotopic (exact) mass is 288 g/mol. The molecule has 0 saturated heterocycles. The number of ether oxygens (including phenoxy) is 3. The molecule has 19 heavy (non-hydrogen) atoms. The molecule has 0 unspecified atom stereocenters. The van der Waals surface area contributed by atoms with Crippen LogP contribution in [0.3, 0.4) is 0 Å². The number of benzene rings is 1. The van der Waals surface area contributed by atoms with Crippen LogP contribution in [0.2, 0.25) is 5.02 Å². The van der Waals surface area contributed by atoms with E-state index in [2.05, 4.69) is 5.32 Å². The van der Waals surface area contributed by atoms with Gasteiger partial charge in [0.2, 0.25) is 5.91 Å². The van der Waals surface area contributed by atoms with Gasteiger partial charge in [0.1, 0.15) is 18.1 Å². The molecular formula is C12H17ClN2O4. The highest BCUT2D eigenvalue weighted by Gasteiger charge is 2.12. The van der Waals surface area contributed by atoms with Crippen molar-refractivity contribution < 1.29 is 19.0 Å². The maximum Gasteiger partial charge on any atom is 0.250 e. The minimum Gasteiger partial charge on any atom is -0.495 e. The van der Waals surface area contributed by atoms with Gasteiger partial charge in [-0.2, -0.15) is 0 Å². The van der Waals surface area contributed by atoms with E-state index in [1.807, 2.05) is 0 Å². The third kappa shape index (κ3) is 4.59. The molecule has 1 rings (SSSR count). The topological polar surface area (TPSA) is 82.8 Å². The molecule has 0 fully saturated rings. The molecule has 1 amide bonds. The Labute approximate surface area is 116 Å². The van der Waals surface area contributed by atoms with Gasteiger partial charge in [0.05, 0.1) is 31.5 Å². The molecule has 0 radical (unpaired) electrons. The van der Waals surface area contributed by atoms with E-state index in [-0.39, 0.29) is 12.5 Å². The van der Waals surface area contributed by atoms with Crippen molar-refractivity contribution in [3.8, 4) is 11.5 Å². The van der Waals surface area contributed by atoms with E-state index >= 15 is 0 Å². The van der Waals surface area contributed by atoms with Gasteiger partial charge in [-0.3, -0.25) is 4.79 Å². The first-order valence-electron chi connectivity index (χ1n) is 5.61. The van der Waals surface area contributed by atoms with E-state index in [1.165, 1.54) is 14.2 Å². The van der Waals surface area contributed by atoms with Crippen LogP contribution in [0.25, 0.3) is 0 Å². The average molecular weight is 289 g/mol. The quantitative estimate of drug-likeness (QED) is 0.738. The number of rotatable bonds is 7. The van der Waals surface area contributed by atoms with E-state index in [9.17, 15) is 4.79 Å². The van der Waals surface area contributed by atoms with E-state index in [0.717, 1.165) is 0 Å². The van der Waals surface area contributed by atoms with Crippen molar-refractivity contribution in [2.75, 3.05) is 39.3 Å². The van der Waals surface area contributed by atoms with Gasteiger partial charge in [0.15, 0.2) is 0 Å². The van der Waals surface area contributed by atoms with Crippen LogP contribution < -0.4 is 20.5 Å². The Morgan fingerprint density at radius 3 is 2.58 bits per heavy atom. The van der Waals surface area contributed by atoms with Crippen molar-refractivity contribution in [3.63, 3.8) is 0 Å². The predicted molar refractivity (Wildman–Crippen MR) is 73.1 cm³/mol. The number of carbonyl (C=O) groups excluding carboxylic acids is 1. The third-order valence-electron chi connectivity index (χ3n) is 2.24. The van der Waals surface area contributed by atoms with E-state index in [4.69, 9.17) is 31.5 Å². The van der Waals surface area contributed by atoms with Crippen LogP contribution in [0.15, 0.2) is 12.1 Å². The number of halogens is 1. The highest BCUT2D eigenvalue weighted by atomic mass is 35.5. The van der Waals surface area contributed by atoms with Gasteiger partial charge in [-0.05, 0) is 0 Å². The van der Waals surface area contributed by atoms with Crippen molar-refractivity contribution >= 4 is 23.2 Å². The number of carbonyl (C=O) groups is 1. The van der Waals surface area contributed by atoms with Gasteiger partial charge in [-0.15, -0.1) is 0 Å². The third-order valence-corrected chi connectivity index (χ3v) is 2.54. The fourth-order valence-corrected chi connectivity index (χ4v) is 1.62. The molecular weight excluding hydrogens is 272 g/mol. The average Bonchev–Trinajstić information content (AvgIpc) is 2.40. The number of nitrogens with one attached hydrogen (secondary N) is 1. The lowest BCUT2D eigenvalue weighted by Gasteiger charge is -2.13. The molecule has 0 atom stereocenters. The maximum atomic E-state index is 11.6. The number of hydrogen-bond acceptors (Lipinski definition) is 5. The fraction of sp³-hybridized carbons (Fsp3) is 0.417. The summed E-state index contributed by atoms with van der Waals surface area (Å²) in [5.74, 6) is 0.578. The molecule has 106 valence electrons. The lowest BCUT2D eigenvalue weighted by molar-refractivity contribution is -0.120. The normalized spacial score (nSPS) is 10.1. The first kappa shape index (κ1) is 15.6. The zero-order valence-corrected chi connectivity index (χ0v) is 11.6.